The molecule has 57 heavy (non-hydrogen) atoms. The van der Waals surface area contributed by atoms with Crippen LogP contribution in [0.1, 0.15) is 0 Å². The van der Waals surface area contributed by atoms with Gasteiger partial charge in [0.2, 0.25) is 5.78 Å². The second-order valence-electron chi connectivity index (χ2n) is 14.8. The molecule has 10 heteroatoms. The van der Waals surface area contributed by atoms with E-state index in [1.807, 2.05) is 42.5 Å². The molecule has 0 atom stereocenters. The van der Waals surface area contributed by atoms with Gasteiger partial charge in [0.1, 0.15) is 46.1 Å². The van der Waals surface area contributed by atoms with Crippen LogP contribution in [-0.2, 0) is 0 Å². The minimum Gasteiger partial charge on any atom is -0.458 e. The van der Waals surface area contributed by atoms with Crippen molar-refractivity contribution in [2.45, 2.75) is 0 Å². The Morgan fingerprint density at radius 1 is 0.404 bits per heavy atom. The van der Waals surface area contributed by atoms with Gasteiger partial charge in [-0.05, 0) is 72.8 Å². The molecule has 9 nitrogen and oxygen atoms in total. The number of ether oxygens (including phenoxy) is 3. The Bertz CT molecular complexity index is 3470. The van der Waals surface area contributed by atoms with Crippen LogP contribution in [0, 0.1) is 0 Å². The van der Waals surface area contributed by atoms with Crippen molar-refractivity contribution in [3.8, 4) is 57.5 Å². The quantitative estimate of drug-likeness (QED) is 0.169. The van der Waals surface area contributed by atoms with E-state index in [0.717, 1.165) is 100 Å². The van der Waals surface area contributed by atoms with Crippen LogP contribution in [0.15, 0.2) is 152 Å². The first kappa shape index (κ1) is 29.5. The molecule has 0 fully saturated rings. The third-order valence-corrected chi connectivity index (χ3v) is 11.8. The van der Waals surface area contributed by atoms with Crippen molar-refractivity contribution in [2.24, 2.45) is 0 Å². The fraction of sp³-hybridized carbons (Fsp3) is 0. The number of benzene rings is 7. The van der Waals surface area contributed by atoms with Gasteiger partial charge in [-0.3, -0.25) is 13.5 Å². The van der Waals surface area contributed by atoms with Gasteiger partial charge in [0, 0.05) is 38.8 Å². The topological polar surface area (TPSA) is 80.6 Å². The Labute approximate surface area is 323 Å². The summed E-state index contributed by atoms with van der Waals surface area (Å²) in [4.78, 5) is 16.0. The van der Waals surface area contributed by atoms with E-state index in [2.05, 4.69) is 123 Å². The zero-order valence-corrected chi connectivity index (χ0v) is 29.9. The molecule has 0 spiro atoms. The van der Waals surface area contributed by atoms with Crippen molar-refractivity contribution < 1.29 is 14.2 Å². The zero-order valence-electron chi connectivity index (χ0n) is 29.9. The molecule has 0 radical (unpaired) electrons. The molecule has 3 aliphatic rings. The van der Waals surface area contributed by atoms with Crippen molar-refractivity contribution in [2.75, 3.05) is 0 Å². The smallest absolute Gasteiger partial charge is 0.270 e. The number of hydrogen-bond donors (Lipinski definition) is 0. The molecule has 0 saturated carbocycles. The van der Waals surface area contributed by atoms with Gasteiger partial charge in [0.15, 0.2) is 5.82 Å². The predicted molar refractivity (Wildman–Crippen MR) is 223 cm³/mol. The molecule has 14 rings (SSSR count). The van der Waals surface area contributed by atoms with E-state index in [1.54, 1.807) is 0 Å². The fourth-order valence-corrected chi connectivity index (χ4v) is 9.47. The highest BCUT2D eigenvalue weighted by molar-refractivity contribution is 6.99. The lowest BCUT2D eigenvalue weighted by Crippen LogP contribution is -2.59. The van der Waals surface area contributed by atoms with E-state index >= 15 is 0 Å². The molecule has 0 unspecified atom stereocenters. The van der Waals surface area contributed by atoms with Gasteiger partial charge in [-0.15, -0.1) is 0 Å². The van der Waals surface area contributed by atoms with E-state index in [-0.39, 0.29) is 6.71 Å². The highest BCUT2D eigenvalue weighted by Gasteiger charge is 2.46. The SMILES string of the molecule is c1cc2c3c(c1)Oc1cc(-c4nc(-n5c6ccccc6c6ccccc65)cc(-n5c6ccccc6n6c7ccccc7nc56)n4)cc4c1B3c1c(cccc1O4)O2. The lowest BCUT2D eigenvalue weighted by molar-refractivity contribution is 0.443. The molecule has 11 aromatic rings. The van der Waals surface area contributed by atoms with E-state index in [0.29, 0.717) is 23.1 Å². The molecule has 3 aliphatic heterocycles. The average Bonchev–Trinajstić information content (AvgIpc) is 3.90. The molecular weight excluding hydrogens is 707 g/mol. The van der Waals surface area contributed by atoms with Crippen LogP contribution in [0.5, 0.6) is 34.5 Å². The number of aromatic nitrogens is 6. The minimum atomic E-state index is -0.0905. The van der Waals surface area contributed by atoms with Crippen LogP contribution in [0.25, 0.3) is 72.7 Å². The van der Waals surface area contributed by atoms with Crippen LogP contribution >= 0.6 is 0 Å². The number of rotatable bonds is 3. The lowest BCUT2D eigenvalue weighted by Gasteiger charge is -2.37. The van der Waals surface area contributed by atoms with Crippen LogP contribution < -0.4 is 30.6 Å². The molecule has 0 amide bonds. The molecule has 0 bridgehead atoms. The summed E-state index contributed by atoms with van der Waals surface area (Å²) in [5.41, 5.74) is 9.83. The maximum absolute atomic E-state index is 6.74. The maximum Gasteiger partial charge on any atom is 0.270 e. The summed E-state index contributed by atoms with van der Waals surface area (Å²) in [5.74, 6) is 7.24. The average molecular weight is 733 g/mol. The monoisotopic (exact) mass is 732 g/mol. The van der Waals surface area contributed by atoms with Gasteiger partial charge < -0.3 is 14.2 Å². The number of imidazole rings is 2. The summed E-state index contributed by atoms with van der Waals surface area (Å²) in [6.45, 7) is -0.0905. The summed E-state index contributed by atoms with van der Waals surface area (Å²) in [6, 6.07) is 51.7. The minimum absolute atomic E-state index is 0.0905. The largest absolute Gasteiger partial charge is 0.458 e. The second kappa shape index (κ2) is 10.5. The highest BCUT2D eigenvalue weighted by atomic mass is 16.5. The van der Waals surface area contributed by atoms with E-state index in [9.17, 15) is 0 Å². The van der Waals surface area contributed by atoms with Crippen molar-refractivity contribution in [1.29, 1.82) is 0 Å². The number of hydrogen-bond acceptors (Lipinski definition) is 6. The molecule has 0 saturated heterocycles. The van der Waals surface area contributed by atoms with Crippen LogP contribution in [0.4, 0.5) is 0 Å². The summed E-state index contributed by atoms with van der Waals surface area (Å²) >= 11 is 0. The van der Waals surface area contributed by atoms with E-state index in [4.69, 9.17) is 29.2 Å². The zero-order chi connectivity index (χ0) is 36.9. The summed E-state index contributed by atoms with van der Waals surface area (Å²) in [7, 11) is 0. The molecule has 7 aromatic carbocycles. The number of para-hydroxylation sites is 6. The summed E-state index contributed by atoms with van der Waals surface area (Å²) < 4.78 is 26.5. The van der Waals surface area contributed by atoms with Gasteiger partial charge in [-0.25, -0.2) is 15.0 Å². The Morgan fingerprint density at radius 3 is 1.53 bits per heavy atom. The predicted octanol–water partition coefficient (Wildman–Crippen LogP) is 8.82. The van der Waals surface area contributed by atoms with E-state index < -0.39 is 0 Å². The Kier molecular flexibility index (Phi) is 5.42. The molecular formula is C47H25BN6O3. The molecule has 4 aromatic heterocycles. The number of nitrogens with zero attached hydrogens (tertiary/aromatic N) is 6. The van der Waals surface area contributed by atoms with Crippen LogP contribution in [-0.4, -0.2) is 35.2 Å². The molecule has 264 valence electrons. The lowest BCUT2D eigenvalue weighted by atomic mass is 9.34. The second-order valence-corrected chi connectivity index (χ2v) is 14.8. The maximum atomic E-state index is 6.74. The normalized spacial score (nSPS) is 13.3. The fourth-order valence-electron chi connectivity index (χ4n) is 9.47. The van der Waals surface area contributed by atoms with E-state index in [1.165, 1.54) is 0 Å². The van der Waals surface area contributed by atoms with Gasteiger partial charge in [0.25, 0.3) is 6.71 Å². The van der Waals surface area contributed by atoms with Gasteiger partial charge in [0.05, 0.1) is 33.1 Å². The molecule has 0 N–H and O–H groups in total. The molecule has 7 heterocycles. The first-order valence-corrected chi connectivity index (χ1v) is 19.0. The van der Waals surface area contributed by atoms with Crippen molar-refractivity contribution in [3.05, 3.63) is 152 Å². The van der Waals surface area contributed by atoms with Crippen molar-refractivity contribution in [1.82, 2.24) is 28.5 Å². The summed E-state index contributed by atoms with van der Waals surface area (Å²) in [6.07, 6.45) is 0. The standard InChI is InChI=1S/C47H25BN6O3/c1-4-14-30-27(11-1)28-12-2-5-15-31(28)52(30)41-25-42(54-34-18-8-7-17-33(34)53-32-16-6-3-13-29(32)49-47(53)54)51-46(50-41)26-23-39-45-40(24-26)57-38-22-10-20-36-44(38)48(45)43-35(55-36)19-9-21-37(43)56-39/h1-25H. The Hall–Kier alpha value is -7.85. The van der Waals surface area contributed by atoms with Gasteiger partial charge in [-0.1, -0.05) is 72.8 Å². The van der Waals surface area contributed by atoms with Crippen molar-refractivity contribution in [3.63, 3.8) is 0 Å². The van der Waals surface area contributed by atoms with Gasteiger partial charge in [-0.2, -0.15) is 0 Å². The Balaban J connectivity index is 1.07. The first-order chi connectivity index (χ1) is 28.2. The summed E-state index contributed by atoms with van der Waals surface area (Å²) in [5, 5.41) is 2.30. The Morgan fingerprint density at radius 2 is 0.895 bits per heavy atom. The van der Waals surface area contributed by atoms with Crippen LogP contribution in [0.2, 0.25) is 0 Å². The van der Waals surface area contributed by atoms with Crippen molar-refractivity contribution >= 4 is 72.8 Å². The van der Waals surface area contributed by atoms with Crippen LogP contribution in [0.3, 0.4) is 0 Å². The first-order valence-electron chi connectivity index (χ1n) is 19.0. The third-order valence-electron chi connectivity index (χ3n) is 11.8. The van der Waals surface area contributed by atoms with Gasteiger partial charge >= 0.3 is 0 Å². The molecule has 0 aliphatic carbocycles. The highest BCUT2D eigenvalue weighted by Crippen LogP contribution is 2.43. The third kappa shape index (κ3) is 3.81. The number of fused-ring (bicyclic) bond motifs is 8.